The Kier molecular flexibility index (Phi) is 4.85. The van der Waals surface area contributed by atoms with E-state index < -0.39 is 11.7 Å². The molecular formula is C17H15F3N4O2S. The number of pyridine rings is 1. The zero-order valence-corrected chi connectivity index (χ0v) is 15.5. The lowest BCUT2D eigenvalue weighted by Gasteiger charge is -2.07. The summed E-state index contributed by atoms with van der Waals surface area (Å²) in [4.78, 5) is 27.1. The minimum absolute atomic E-state index is 0.0603. The second-order valence-electron chi connectivity index (χ2n) is 6.02. The molecular weight excluding hydrogens is 381 g/mol. The number of hydrogen-bond donors (Lipinski definition) is 1. The molecule has 0 aliphatic carbocycles. The van der Waals surface area contributed by atoms with Crippen LogP contribution in [0.5, 0.6) is 0 Å². The summed E-state index contributed by atoms with van der Waals surface area (Å²) in [6.07, 6.45) is -3.59. The first-order valence-electron chi connectivity index (χ1n) is 7.87. The number of aryl methyl sites for hydroxylation is 1. The summed E-state index contributed by atoms with van der Waals surface area (Å²) in [5, 5.41) is 7.84. The third-order valence-electron chi connectivity index (χ3n) is 4.10. The average molecular weight is 396 g/mol. The maximum Gasteiger partial charge on any atom is 0.417 e. The van der Waals surface area contributed by atoms with Gasteiger partial charge in [0.1, 0.15) is 0 Å². The lowest BCUT2D eigenvalue weighted by atomic mass is 10.1. The average Bonchev–Trinajstić information content (AvgIpc) is 3.11. The summed E-state index contributed by atoms with van der Waals surface area (Å²) >= 11 is 0.979. The van der Waals surface area contributed by atoms with Crippen LogP contribution in [0.4, 0.5) is 13.2 Å². The molecule has 0 aliphatic heterocycles. The van der Waals surface area contributed by atoms with Crippen LogP contribution in [0.1, 0.15) is 44.6 Å². The Morgan fingerprint density at radius 3 is 2.52 bits per heavy atom. The van der Waals surface area contributed by atoms with Gasteiger partial charge in [-0.2, -0.15) is 13.2 Å². The molecule has 3 heterocycles. The highest BCUT2D eigenvalue weighted by atomic mass is 32.2. The van der Waals surface area contributed by atoms with Gasteiger partial charge in [-0.05, 0) is 38.5 Å². The quantitative estimate of drug-likeness (QED) is 0.523. The van der Waals surface area contributed by atoms with Crippen molar-refractivity contribution >= 4 is 29.0 Å². The molecule has 0 aliphatic rings. The highest BCUT2D eigenvalue weighted by molar-refractivity contribution is 7.99. The van der Waals surface area contributed by atoms with Crippen molar-refractivity contribution in [2.24, 2.45) is 0 Å². The number of aromatic amines is 1. The molecule has 0 bridgehead atoms. The number of hydrogen-bond acceptors (Lipinski definition) is 5. The second-order valence-corrected chi connectivity index (χ2v) is 6.96. The number of thioether (sulfide) groups is 1. The van der Waals surface area contributed by atoms with Gasteiger partial charge in [0.15, 0.2) is 22.4 Å². The van der Waals surface area contributed by atoms with Gasteiger partial charge in [-0.1, -0.05) is 11.8 Å². The molecule has 3 aromatic heterocycles. The number of nitrogens with zero attached hydrogens (tertiary/aromatic N) is 3. The van der Waals surface area contributed by atoms with E-state index in [1.807, 2.05) is 0 Å². The van der Waals surface area contributed by atoms with Gasteiger partial charge in [0.2, 0.25) is 0 Å². The van der Waals surface area contributed by atoms with E-state index in [-0.39, 0.29) is 28.1 Å². The Hall–Kier alpha value is -2.62. The van der Waals surface area contributed by atoms with Crippen LogP contribution < -0.4 is 0 Å². The molecule has 0 unspecified atom stereocenters. The number of Topliss-reactive ketones (excluding diaryl/α,β-unsaturated/α-hetero) is 2. The van der Waals surface area contributed by atoms with Crippen LogP contribution in [0.2, 0.25) is 0 Å². The first kappa shape index (κ1) is 19.2. The van der Waals surface area contributed by atoms with E-state index in [1.165, 1.54) is 17.4 Å². The van der Waals surface area contributed by atoms with E-state index in [1.54, 1.807) is 13.8 Å². The van der Waals surface area contributed by atoms with Gasteiger partial charge in [-0.3, -0.25) is 14.0 Å². The third-order valence-corrected chi connectivity index (χ3v) is 5.04. The van der Waals surface area contributed by atoms with Gasteiger partial charge < -0.3 is 4.98 Å². The molecule has 0 saturated carbocycles. The summed E-state index contributed by atoms with van der Waals surface area (Å²) in [7, 11) is 0. The van der Waals surface area contributed by atoms with Crippen molar-refractivity contribution in [2.75, 3.05) is 5.75 Å². The van der Waals surface area contributed by atoms with Crippen molar-refractivity contribution in [1.82, 2.24) is 19.6 Å². The molecule has 0 aromatic carbocycles. The predicted molar refractivity (Wildman–Crippen MR) is 93.3 cm³/mol. The van der Waals surface area contributed by atoms with Crippen LogP contribution in [-0.4, -0.2) is 36.9 Å². The van der Waals surface area contributed by atoms with Crippen LogP contribution in [0.25, 0.3) is 5.65 Å². The van der Waals surface area contributed by atoms with Gasteiger partial charge in [-0.25, -0.2) is 0 Å². The molecule has 0 atom stereocenters. The van der Waals surface area contributed by atoms with Gasteiger partial charge in [0.05, 0.1) is 17.0 Å². The number of carbonyl (C=O) groups excluding carboxylic acids is 2. The lowest BCUT2D eigenvalue weighted by molar-refractivity contribution is -0.137. The topological polar surface area (TPSA) is 80.1 Å². The zero-order valence-electron chi connectivity index (χ0n) is 14.6. The molecule has 10 heteroatoms. The van der Waals surface area contributed by atoms with Crippen LogP contribution in [-0.2, 0) is 6.18 Å². The van der Waals surface area contributed by atoms with Crippen molar-refractivity contribution in [2.45, 2.75) is 32.1 Å². The van der Waals surface area contributed by atoms with E-state index in [0.717, 1.165) is 24.0 Å². The van der Waals surface area contributed by atoms with Crippen molar-refractivity contribution < 1.29 is 22.8 Å². The summed E-state index contributed by atoms with van der Waals surface area (Å²) in [5.74, 6) is -0.484. The number of fused-ring (bicyclic) bond motifs is 1. The Morgan fingerprint density at radius 1 is 1.22 bits per heavy atom. The number of alkyl halides is 3. The Labute approximate surface area is 156 Å². The van der Waals surface area contributed by atoms with E-state index in [9.17, 15) is 22.8 Å². The summed E-state index contributed by atoms with van der Waals surface area (Å²) < 4.78 is 39.9. The molecule has 0 spiro atoms. The third kappa shape index (κ3) is 3.61. The molecule has 0 saturated heterocycles. The molecule has 3 rings (SSSR count). The fourth-order valence-corrected chi connectivity index (χ4v) is 3.68. The number of carbonyl (C=O) groups is 2. The van der Waals surface area contributed by atoms with Crippen molar-refractivity contribution in [3.8, 4) is 0 Å². The highest BCUT2D eigenvalue weighted by Gasteiger charge is 2.31. The molecule has 1 N–H and O–H groups in total. The first-order valence-corrected chi connectivity index (χ1v) is 8.86. The maximum atomic E-state index is 12.9. The molecule has 3 aromatic rings. The molecule has 0 amide bonds. The number of nitrogens with one attached hydrogen (secondary N) is 1. The molecule has 0 fully saturated rings. The normalized spacial score (nSPS) is 11.9. The van der Waals surface area contributed by atoms with E-state index >= 15 is 0 Å². The van der Waals surface area contributed by atoms with Crippen molar-refractivity contribution in [3.05, 3.63) is 46.4 Å². The van der Waals surface area contributed by atoms with Crippen LogP contribution in [0.15, 0.2) is 23.5 Å². The first-order chi connectivity index (χ1) is 12.6. The number of ketones is 2. The van der Waals surface area contributed by atoms with E-state index in [4.69, 9.17) is 0 Å². The number of aromatic nitrogens is 4. The monoisotopic (exact) mass is 396 g/mol. The van der Waals surface area contributed by atoms with Crippen LogP contribution in [0, 0.1) is 13.8 Å². The Balaban J connectivity index is 1.84. The van der Waals surface area contributed by atoms with Gasteiger partial charge in [0, 0.05) is 17.5 Å². The van der Waals surface area contributed by atoms with Gasteiger partial charge in [-0.15, -0.1) is 10.2 Å². The van der Waals surface area contributed by atoms with Crippen molar-refractivity contribution in [3.63, 3.8) is 0 Å². The number of H-pyrrole nitrogens is 1. The van der Waals surface area contributed by atoms with Crippen molar-refractivity contribution in [1.29, 1.82) is 0 Å². The fraction of sp³-hybridized carbons (Fsp3) is 0.294. The molecule has 142 valence electrons. The predicted octanol–water partition coefficient (Wildman–Crippen LogP) is 3.87. The van der Waals surface area contributed by atoms with Crippen LogP contribution in [0.3, 0.4) is 0 Å². The summed E-state index contributed by atoms with van der Waals surface area (Å²) in [6, 6.07) is 2.15. The van der Waals surface area contributed by atoms with Gasteiger partial charge in [0.25, 0.3) is 0 Å². The molecule has 27 heavy (non-hydrogen) atoms. The number of halogens is 3. The lowest BCUT2D eigenvalue weighted by Crippen LogP contribution is -2.08. The van der Waals surface area contributed by atoms with Crippen LogP contribution >= 0.6 is 11.8 Å². The second kappa shape index (κ2) is 6.84. The Morgan fingerprint density at radius 2 is 1.93 bits per heavy atom. The Bertz CT molecular complexity index is 1050. The molecule has 6 nitrogen and oxygen atoms in total. The largest absolute Gasteiger partial charge is 0.417 e. The maximum absolute atomic E-state index is 12.9. The zero-order chi connectivity index (χ0) is 19.9. The fourth-order valence-electron chi connectivity index (χ4n) is 2.90. The van der Waals surface area contributed by atoms with Gasteiger partial charge >= 0.3 is 6.18 Å². The summed E-state index contributed by atoms with van der Waals surface area (Å²) in [6.45, 7) is 4.81. The van der Waals surface area contributed by atoms with E-state index in [2.05, 4.69) is 15.2 Å². The number of rotatable bonds is 5. The minimum atomic E-state index is -4.49. The molecule has 0 radical (unpaired) electrons. The highest BCUT2D eigenvalue weighted by Crippen LogP contribution is 2.30. The standard InChI is InChI=1S/C17H15F3N4O2S/c1-8-14(10(3)25)9(2)21-15(8)12(26)7-27-16-23-22-13-5-4-11(6-24(13)16)17(18,19)20/h4-6,21H,7H2,1-3H3. The smallest absolute Gasteiger partial charge is 0.355 e. The summed E-state index contributed by atoms with van der Waals surface area (Å²) in [5.41, 5.74) is 1.39. The SMILES string of the molecule is CC(=O)c1c(C)[nH]c(C(=O)CSc2nnc3ccc(C(F)(F)F)cn23)c1C. The van der Waals surface area contributed by atoms with E-state index in [0.29, 0.717) is 22.5 Å². The minimum Gasteiger partial charge on any atom is -0.355 e.